The SMILES string of the molecule is C=C/C=C(C(=O)OC=O)\C(C)=C/CC. The van der Waals surface area contributed by atoms with Crippen LogP contribution in [0.15, 0.2) is 36.0 Å². The Kier molecular flexibility index (Phi) is 6.03. The Labute approximate surface area is 83.8 Å². The van der Waals surface area contributed by atoms with Gasteiger partial charge in [-0.25, -0.2) is 4.79 Å². The number of carbonyl (C=O) groups is 2. The third-order valence-corrected chi connectivity index (χ3v) is 1.59. The van der Waals surface area contributed by atoms with Crippen LogP contribution in [0.5, 0.6) is 0 Å². The van der Waals surface area contributed by atoms with Crippen LogP contribution in [0.1, 0.15) is 20.3 Å². The highest BCUT2D eigenvalue weighted by molar-refractivity contribution is 5.96. The van der Waals surface area contributed by atoms with Gasteiger partial charge in [0.2, 0.25) is 0 Å². The number of hydrogen-bond donors (Lipinski definition) is 0. The number of rotatable bonds is 5. The summed E-state index contributed by atoms with van der Waals surface area (Å²) in [6.45, 7) is 7.35. The number of allylic oxidation sites excluding steroid dienone is 3. The fraction of sp³-hybridized carbons (Fsp3) is 0.273. The number of ether oxygens (including phenoxy) is 1. The minimum absolute atomic E-state index is 0.123. The van der Waals surface area contributed by atoms with E-state index in [-0.39, 0.29) is 6.47 Å². The van der Waals surface area contributed by atoms with E-state index in [0.29, 0.717) is 5.57 Å². The van der Waals surface area contributed by atoms with E-state index in [9.17, 15) is 9.59 Å². The van der Waals surface area contributed by atoms with Gasteiger partial charge in [0, 0.05) is 0 Å². The van der Waals surface area contributed by atoms with Crippen molar-refractivity contribution in [3.8, 4) is 0 Å². The molecule has 0 aromatic carbocycles. The van der Waals surface area contributed by atoms with Crippen molar-refractivity contribution in [1.82, 2.24) is 0 Å². The van der Waals surface area contributed by atoms with Crippen molar-refractivity contribution in [2.45, 2.75) is 20.3 Å². The van der Waals surface area contributed by atoms with Crippen LogP contribution in [0.25, 0.3) is 0 Å². The van der Waals surface area contributed by atoms with Crippen molar-refractivity contribution in [2.24, 2.45) is 0 Å². The summed E-state index contributed by atoms with van der Waals surface area (Å²) >= 11 is 0. The molecular formula is C11H14O3. The highest BCUT2D eigenvalue weighted by Gasteiger charge is 2.11. The number of esters is 1. The maximum absolute atomic E-state index is 11.2. The lowest BCUT2D eigenvalue weighted by molar-refractivity contribution is -0.147. The molecule has 0 fully saturated rings. The van der Waals surface area contributed by atoms with E-state index in [1.165, 1.54) is 12.2 Å². The zero-order chi connectivity index (χ0) is 11.0. The summed E-state index contributed by atoms with van der Waals surface area (Å²) in [7, 11) is 0. The van der Waals surface area contributed by atoms with Crippen LogP contribution in [-0.2, 0) is 14.3 Å². The lowest BCUT2D eigenvalue weighted by atomic mass is 10.1. The van der Waals surface area contributed by atoms with Crippen molar-refractivity contribution >= 4 is 12.4 Å². The monoisotopic (exact) mass is 194 g/mol. The summed E-state index contributed by atoms with van der Waals surface area (Å²) in [4.78, 5) is 21.2. The zero-order valence-corrected chi connectivity index (χ0v) is 8.45. The van der Waals surface area contributed by atoms with Gasteiger partial charge in [-0.15, -0.1) is 0 Å². The highest BCUT2D eigenvalue weighted by Crippen LogP contribution is 2.11. The third-order valence-electron chi connectivity index (χ3n) is 1.59. The third kappa shape index (κ3) is 3.85. The molecule has 0 aliphatic carbocycles. The van der Waals surface area contributed by atoms with E-state index in [1.807, 2.05) is 13.0 Å². The molecule has 0 aliphatic rings. The molecule has 0 bridgehead atoms. The maximum Gasteiger partial charge on any atom is 0.345 e. The lowest BCUT2D eigenvalue weighted by Gasteiger charge is -2.03. The average Bonchev–Trinajstić information content (AvgIpc) is 2.14. The summed E-state index contributed by atoms with van der Waals surface area (Å²) in [6, 6.07) is 0. The van der Waals surface area contributed by atoms with Crippen LogP contribution in [0.3, 0.4) is 0 Å². The molecule has 0 amide bonds. The van der Waals surface area contributed by atoms with E-state index in [1.54, 1.807) is 6.92 Å². The van der Waals surface area contributed by atoms with Gasteiger partial charge in [-0.3, -0.25) is 4.79 Å². The Bertz CT molecular complexity index is 285. The lowest BCUT2D eigenvalue weighted by Crippen LogP contribution is -2.07. The second-order valence-corrected chi connectivity index (χ2v) is 2.61. The van der Waals surface area contributed by atoms with Crippen LogP contribution in [-0.4, -0.2) is 12.4 Å². The van der Waals surface area contributed by atoms with Gasteiger partial charge in [0.25, 0.3) is 0 Å². The van der Waals surface area contributed by atoms with Gasteiger partial charge in [0.1, 0.15) is 0 Å². The maximum atomic E-state index is 11.2. The smallest absolute Gasteiger partial charge is 0.345 e. The van der Waals surface area contributed by atoms with Gasteiger partial charge in [-0.05, 0) is 25.0 Å². The second kappa shape index (κ2) is 6.83. The molecule has 0 saturated carbocycles. The Morgan fingerprint density at radius 1 is 1.50 bits per heavy atom. The standard InChI is InChI=1S/C11H14O3/c1-4-6-9(3)10(7-5-2)11(13)14-8-12/h5-8H,2,4H2,1,3H3/b9-6-,10-7+. The van der Waals surface area contributed by atoms with Gasteiger partial charge in [0.05, 0.1) is 5.57 Å². The molecule has 0 rings (SSSR count). The Hall–Kier alpha value is -1.64. The first-order valence-electron chi connectivity index (χ1n) is 4.31. The fourth-order valence-corrected chi connectivity index (χ4v) is 1.00. The minimum atomic E-state index is -0.651. The predicted molar refractivity (Wildman–Crippen MR) is 54.5 cm³/mol. The van der Waals surface area contributed by atoms with Crippen LogP contribution in [0.2, 0.25) is 0 Å². The normalized spacial score (nSPS) is 12.1. The molecule has 76 valence electrons. The Morgan fingerprint density at radius 3 is 2.57 bits per heavy atom. The molecule has 0 aromatic rings. The first kappa shape index (κ1) is 12.4. The molecule has 0 aromatic heterocycles. The molecule has 3 heteroatoms. The number of hydrogen-bond acceptors (Lipinski definition) is 3. The zero-order valence-electron chi connectivity index (χ0n) is 8.45. The van der Waals surface area contributed by atoms with Crippen LogP contribution in [0, 0.1) is 0 Å². The van der Waals surface area contributed by atoms with Gasteiger partial charge in [-0.2, -0.15) is 0 Å². The molecular weight excluding hydrogens is 180 g/mol. The molecule has 0 N–H and O–H groups in total. The van der Waals surface area contributed by atoms with Gasteiger partial charge < -0.3 is 4.74 Å². The van der Waals surface area contributed by atoms with E-state index < -0.39 is 5.97 Å². The topological polar surface area (TPSA) is 43.4 Å². The van der Waals surface area contributed by atoms with Gasteiger partial charge in [0.15, 0.2) is 0 Å². The predicted octanol–water partition coefficient (Wildman–Crippen LogP) is 2.15. The second-order valence-electron chi connectivity index (χ2n) is 2.61. The molecule has 0 atom stereocenters. The Balaban J connectivity index is 4.86. The van der Waals surface area contributed by atoms with E-state index in [4.69, 9.17) is 0 Å². The first-order valence-corrected chi connectivity index (χ1v) is 4.31. The first-order chi connectivity index (χ1) is 6.67. The van der Waals surface area contributed by atoms with Crippen LogP contribution < -0.4 is 0 Å². The summed E-state index contributed by atoms with van der Waals surface area (Å²) in [5, 5.41) is 0. The quantitative estimate of drug-likeness (QED) is 0.221. The van der Waals surface area contributed by atoms with Gasteiger partial charge in [-0.1, -0.05) is 25.7 Å². The summed E-state index contributed by atoms with van der Waals surface area (Å²) in [5.74, 6) is -0.651. The van der Waals surface area contributed by atoms with Crippen LogP contribution in [0.4, 0.5) is 0 Å². The van der Waals surface area contributed by atoms with Gasteiger partial charge >= 0.3 is 12.4 Å². The van der Waals surface area contributed by atoms with E-state index in [0.717, 1.165) is 12.0 Å². The molecule has 0 aliphatic heterocycles. The molecule has 0 heterocycles. The molecule has 0 spiro atoms. The minimum Gasteiger partial charge on any atom is -0.392 e. The molecule has 0 saturated heterocycles. The fourth-order valence-electron chi connectivity index (χ4n) is 1.00. The highest BCUT2D eigenvalue weighted by atomic mass is 16.6. The van der Waals surface area contributed by atoms with Crippen molar-refractivity contribution < 1.29 is 14.3 Å². The van der Waals surface area contributed by atoms with Crippen molar-refractivity contribution in [3.05, 3.63) is 36.0 Å². The molecule has 0 radical (unpaired) electrons. The average molecular weight is 194 g/mol. The van der Waals surface area contributed by atoms with Crippen molar-refractivity contribution in [1.29, 1.82) is 0 Å². The van der Waals surface area contributed by atoms with E-state index in [2.05, 4.69) is 11.3 Å². The van der Waals surface area contributed by atoms with E-state index >= 15 is 0 Å². The largest absolute Gasteiger partial charge is 0.392 e. The Morgan fingerprint density at radius 2 is 2.14 bits per heavy atom. The molecule has 3 nitrogen and oxygen atoms in total. The molecule has 0 unspecified atom stereocenters. The summed E-state index contributed by atoms with van der Waals surface area (Å²) < 4.78 is 4.25. The van der Waals surface area contributed by atoms with Crippen LogP contribution >= 0.6 is 0 Å². The number of carbonyl (C=O) groups excluding carboxylic acids is 2. The molecule has 14 heavy (non-hydrogen) atoms. The van der Waals surface area contributed by atoms with Crippen molar-refractivity contribution in [2.75, 3.05) is 0 Å². The summed E-state index contributed by atoms with van der Waals surface area (Å²) in [5.41, 5.74) is 1.13. The summed E-state index contributed by atoms with van der Waals surface area (Å²) in [6.07, 6.45) is 5.69. The van der Waals surface area contributed by atoms with Crippen molar-refractivity contribution in [3.63, 3.8) is 0 Å².